The van der Waals surface area contributed by atoms with Crippen molar-refractivity contribution in [2.75, 3.05) is 0 Å². The Morgan fingerprint density at radius 2 is 1.52 bits per heavy atom. The minimum atomic E-state index is -1.30. The van der Waals surface area contributed by atoms with Crippen molar-refractivity contribution in [2.24, 2.45) is 11.3 Å². The van der Waals surface area contributed by atoms with Crippen molar-refractivity contribution in [3.63, 3.8) is 0 Å². The van der Waals surface area contributed by atoms with E-state index in [2.05, 4.69) is 95.0 Å². The summed E-state index contributed by atoms with van der Waals surface area (Å²) in [7, 11) is -1.30. The summed E-state index contributed by atoms with van der Waals surface area (Å²) in [6, 6.07) is 16.1. The van der Waals surface area contributed by atoms with E-state index >= 15 is 0 Å². The third-order valence-electron chi connectivity index (χ3n) is 7.60. The SMILES string of the molecule is CC1(C)CC(C)(c2cccc3c2Cc2ccccc2-3)C2C=C([Si](C)(C)C)C=C21.[Cl-].[Cl-].[Zr+2]. The van der Waals surface area contributed by atoms with Gasteiger partial charge in [-0.05, 0) is 46.1 Å². The molecule has 5 rings (SSSR count). The Labute approximate surface area is 221 Å². The fraction of sp³-hybridized carbons (Fsp3) is 0.407. The molecule has 1 fully saturated rings. The molecule has 0 N–H and O–H groups in total. The van der Waals surface area contributed by atoms with Gasteiger partial charge in [-0.15, -0.1) is 0 Å². The molecule has 2 aromatic carbocycles. The van der Waals surface area contributed by atoms with Crippen LogP contribution in [0.3, 0.4) is 0 Å². The van der Waals surface area contributed by atoms with E-state index in [0.29, 0.717) is 5.92 Å². The van der Waals surface area contributed by atoms with Gasteiger partial charge in [0.25, 0.3) is 0 Å². The minimum Gasteiger partial charge on any atom is -1.00 e. The predicted molar refractivity (Wildman–Crippen MR) is 123 cm³/mol. The summed E-state index contributed by atoms with van der Waals surface area (Å²) in [6.07, 6.45) is 7.59. The van der Waals surface area contributed by atoms with E-state index in [-0.39, 0.29) is 61.8 Å². The number of hydrogen-bond donors (Lipinski definition) is 0. The molecule has 0 spiro atoms. The largest absolute Gasteiger partial charge is 2.00 e. The first kappa shape index (κ1) is 26.8. The van der Waals surface area contributed by atoms with Gasteiger partial charge in [0.15, 0.2) is 0 Å². The van der Waals surface area contributed by atoms with Crippen LogP contribution >= 0.6 is 0 Å². The van der Waals surface area contributed by atoms with Crippen molar-refractivity contribution in [3.8, 4) is 11.1 Å². The van der Waals surface area contributed by atoms with Crippen LogP contribution in [0.4, 0.5) is 0 Å². The Bertz CT molecular complexity index is 1060. The topological polar surface area (TPSA) is 0 Å². The maximum absolute atomic E-state index is 2.66. The monoisotopic (exact) mass is 544 g/mol. The molecule has 0 heterocycles. The van der Waals surface area contributed by atoms with Gasteiger partial charge in [0.05, 0.1) is 8.07 Å². The second-order valence-corrected chi connectivity index (χ2v) is 16.2. The van der Waals surface area contributed by atoms with E-state index in [4.69, 9.17) is 0 Å². The van der Waals surface area contributed by atoms with E-state index < -0.39 is 8.07 Å². The van der Waals surface area contributed by atoms with E-state index in [0.717, 1.165) is 6.42 Å². The quantitative estimate of drug-likeness (QED) is 0.426. The number of rotatable bonds is 2. The molecule has 3 aliphatic carbocycles. The van der Waals surface area contributed by atoms with Crippen LogP contribution in [0, 0.1) is 11.3 Å². The average Bonchev–Trinajstić information content (AvgIpc) is 3.27. The summed E-state index contributed by atoms with van der Waals surface area (Å²) in [5.41, 5.74) is 9.72. The van der Waals surface area contributed by atoms with Crippen molar-refractivity contribution < 1.29 is 51.0 Å². The molecule has 2 aromatic rings. The molecule has 0 bridgehead atoms. The molecule has 162 valence electrons. The molecule has 3 aliphatic rings. The van der Waals surface area contributed by atoms with E-state index in [9.17, 15) is 0 Å². The molecule has 2 atom stereocenters. The molecule has 1 saturated carbocycles. The summed E-state index contributed by atoms with van der Waals surface area (Å²) >= 11 is 0. The Kier molecular flexibility index (Phi) is 7.58. The van der Waals surface area contributed by atoms with Crippen molar-refractivity contribution in [2.45, 2.75) is 58.7 Å². The minimum absolute atomic E-state index is 0. The van der Waals surface area contributed by atoms with Gasteiger partial charge in [0.1, 0.15) is 0 Å². The number of allylic oxidation sites excluding steroid dienone is 4. The van der Waals surface area contributed by atoms with Crippen molar-refractivity contribution in [3.05, 3.63) is 82.1 Å². The predicted octanol–water partition coefficient (Wildman–Crippen LogP) is 1.31. The summed E-state index contributed by atoms with van der Waals surface area (Å²) in [5, 5.41) is 1.65. The van der Waals surface area contributed by atoms with Gasteiger partial charge in [-0.25, -0.2) is 0 Å². The first-order chi connectivity index (χ1) is 13.1. The average molecular weight is 547 g/mol. The fourth-order valence-corrected chi connectivity index (χ4v) is 7.53. The van der Waals surface area contributed by atoms with Crippen molar-refractivity contribution in [1.82, 2.24) is 0 Å². The number of fused-ring (bicyclic) bond motifs is 4. The van der Waals surface area contributed by atoms with Gasteiger partial charge < -0.3 is 24.8 Å². The van der Waals surface area contributed by atoms with Crippen LogP contribution in [0.25, 0.3) is 11.1 Å². The van der Waals surface area contributed by atoms with Gasteiger partial charge in [0.2, 0.25) is 0 Å². The van der Waals surface area contributed by atoms with Crippen molar-refractivity contribution >= 4 is 8.07 Å². The Morgan fingerprint density at radius 1 is 0.871 bits per heavy atom. The van der Waals surface area contributed by atoms with E-state index in [1.54, 1.807) is 21.9 Å². The van der Waals surface area contributed by atoms with Gasteiger partial charge >= 0.3 is 26.2 Å². The third kappa shape index (κ3) is 4.05. The summed E-state index contributed by atoms with van der Waals surface area (Å²) in [4.78, 5) is 0. The standard InChI is InChI=1S/C27H32Si.2ClH.Zr/c1-26(2)17-27(3,25-16-19(15-24(25)26)28(4,5)6)23-13-9-12-21-20-11-8-7-10-18(20)14-22(21)23;;;/h7-13,15-16,25H,14,17H2,1-6H3;2*1H;/q;;;+2/p-2. The van der Waals surface area contributed by atoms with Crippen LogP contribution in [0.1, 0.15) is 43.9 Å². The summed E-state index contributed by atoms with van der Waals surface area (Å²) in [5.74, 6) is 0.555. The molecular weight excluding hydrogens is 515 g/mol. The molecule has 0 aromatic heterocycles. The van der Waals surface area contributed by atoms with Gasteiger partial charge in [0, 0.05) is 11.3 Å². The molecular formula is C27H32Cl2SiZr. The zero-order chi connectivity index (χ0) is 19.9. The summed E-state index contributed by atoms with van der Waals surface area (Å²) in [6.45, 7) is 14.9. The van der Waals surface area contributed by atoms with E-state index in [1.807, 2.05) is 0 Å². The first-order valence-corrected chi connectivity index (χ1v) is 14.3. The maximum Gasteiger partial charge on any atom is 2.00 e. The second kappa shape index (κ2) is 8.75. The van der Waals surface area contributed by atoms with Crippen LogP contribution in [0.15, 0.2) is 65.4 Å². The molecule has 0 saturated heterocycles. The normalized spacial score (nSPS) is 24.5. The number of halogens is 2. The molecule has 0 radical (unpaired) electrons. The van der Waals surface area contributed by atoms with E-state index in [1.165, 1.54) is 23.1 Å². The zero-order valence-corrected chi connectivity index (χ0v) is 24.4. The van der Waals surface area contributed by atoms with Gasteiger partial charge in [-0.2, -0.15) is 0 Å². The van der Waals surface area contributed by atoms with Crippen LogP contribution < -0.4 is 24.8 Å². The van der Waals surface area contributed by atoms with Gasteiger partial charge in [-0.3, -0.25) is 0 Å². The van der Waals surface area contributed by atoms with Gasteiger partial charge in [-0.1, -0.05) is 106 Å². The van der Waals surface area contributed by atoms with Crippen molar-refractivity contribution in [1.29, 1.82) is 0 Å². The smallest absolute Gasteiger partial charge is 1.00 e. The maximum atomic E-state index is 2.66. The molecule has 31 heavy (non-hydrogen) atoms. The Balaban J connectivity index is 0.00000114. The molecule has 0 aliphatic heterocycles. The Morgan fingerprint density at radius 3 is 2.19 bits per heavy atom. The van der Waals surface area contributed by atoms with Crippen LogP contribution in [0.5, 0.6) is 0 Å². The first-order valence-electron chi connectivity index (χ1n) is 10.8. The Hall–Kier alpha value is -0.400. The molecule has 4 heteroatoms. The summed E-state index contributed by atoms with van der Waals surface area (Å²) < 4.78 is 0. The molecule has 0 nitrogen and oxygen atoms in total. The van der Waals surface area contributed by atoms with Crippen LogP contribution in [0.2, 0.25) is 19.6 Å². The third-order valence-corrected chi connectivity index (χ3v) is 9.64. The van der Waals surface area contributed by atoms with Crippen LogP contribution in [-0.2, 0) is 38.0 Å². The fourth-order valence-electron chi connectivity index (χ4n) is 6.27. The zero-order valence-electron chi connectivity index (χ0n) is 19.4. The number of benzene rings is 2. The molecule has 0 amide bonds. The number of hydrogen-bond acceptors (Lipinski definition) is 0. The second-order valence-electron chi connectivity index (χ2n) is 11.1. The molecule has 2 unspecified atom stereocenters. The van der Waals surface area contributed by atoms with Crippen LogP contribution in [-0.4, -0.2) is 8.07 Å².